The summed E-state index contributed by atoms with van der Waals surface area (Å²) < 4.78 is 9.91. The zero-order chi connectivity index (χ0) is 17.6. The van der Waals surface area contributed by atoms with E-state index in [-0.39, 0.29) is 5.97 Å². The molecule has 24 heavy (non-hydrogen) atoms. The minimum Gasteiger partial charge on any atom is -0.465 e. The highest BCUT2D eigenvalue weighted by Crippen LogP contribution is 2.11. The number of esters is 2. The fourth-order valence-corrected chi connectivity index (χ4v) is 2.55. The van der Waals surface area contributed by atoms with Crippen molar-refractivity contribution in [3.8, 4) is 0 Å². The zero-order valence-corrected chi connectivity index (χ0v) is 15.0. The van der Waals surface area contributed by atoms with E-state index in [1.807, 2.05) is 0 Å². The molecule has 0 bridgehead atoms. The molecule has 0 saturated heterocycles. The Hall–Kier alpha value is -1.84. The van der Waals surface area contributed by atoms with Gasteiger partial charge in [-0.3, -0.25) is 0 Å². The monoisotopic (exact) mass is 334 g/mol. The van der Waals surface area contributed by atoms with Gasteiger partial charge in [-0.05, 0) is 24.6 Å². The highest BCUT2D eigenvalue weighted by molar-refractivity contribution is 5.95. The Morgan fingerprint density at radius 1 is 0.833 bits per heavy atom. The van der Waals surface area contributed by atoms with Crippen molar-refractivity contribution in [2.24, 2.45) is 0 Å². The largest absolute Gasteiger partial charge is 0.465 e. The van der Waals surface area contributed by atoms with Crippen LogP contribution in [0.5, 0.6) is 0 Å². The lowest BCUT2D eigenvalue weighted by Crippen LogP contribution is -2.08. The van der Waals surface area contributed by atoms with E-state index < -0.39 is 5.97 Å². The molecular formula is C20H30O4. The number of benzene rings is 1. The molecule has 0 fully saturated rings. The van der Waals surface area contributed by atoms with E-state index in [4.69, 9.17) is 4.74 Å². The van der Waals surface area contributed by atoms with Crippen LogP contribution in [0.1, 0.15) is 85.4 Å². The second-order valence-electron chi connectivity index (χ2n) is 6.04. The van der Waals surface area contributed by atoms with Gasteiger partial charge in [-0.1, -0.05) is 64.4 Å². The second-order valence-corrected chi connectivity index (χ2v) is 6.04. The van der Waals surface area contributed by atoms with Crippen LogP contribution in [0.25, 0.3) is 0 Å². The molecule has 0 atom stereocenters. The molecule has 0 heterocycles. The molecule has 0 spiro atoms. The maximum Gasteiger partial charge on any atom is 0.338 e. The van der Waals surface area contributed by atoms with Crippen LogP contribution in [-0.2, 0) is 9.47 Å². The van der Waals surface area contributed by atoms with Crippen molar-refractivity contribution in [2.75, 3.05) is 13.7 Å². The summed E-state index contributed by atoms with van der Waals surface area (Å²) in [5, 5.41) is 0. The Balaban J connectivity index is 2.15. The standard InChI is InChI=1S/C20H30O4/c1-3-4-5-6-7-8-9-10-11-15-24-20(22)18-14-12-13-17(16-18)19(21)23-2/h12-14,16H,3-11,15H2,1-2H3. The summed E-state index contributed by atoms with van der Waals surface area (Å²) in [6.45, 7) is 2.66. The quantitative estimate of drug-likeness (QED) is 0.391. The molecule has 0 saturated carbocycles. The van der Waals surface area contributed by atoms with Crippen molar-refractivity contribution >= 4 is 11.9 Å². The number of carbonyl (C=O) groups is 2. The van der Waals surface area contributed by atoms with Crippen LogP contribution in [0.3, 0.4) is 0 Å². The summed E-state index contributed by atoms with van der Waals surface area (Å²) >= 11 is 0. The Kier molecular flexibility index (Phi) is 10.6. The average Bonchev–Trinajstić information content (AvgIpc) is 2.62. The predicted octanol–water partition coefficient (Wildman–Crippen LogP) is 5.16. The van der Waals surface area contributed by atoms with Crippen molar-refractivity contribution in [1.82, 2.24) is 0 Å². The van der Waals surface area contributed by atoms with E-state index in [1.165, 1.54) is 58.1 Å². The second kappa shape index (κ2) is 12.6. The molecule has 1 aromatic rings. The van der Waals surface area contributed by atoms with Crippen molar-refractivity contribution < 1.29 is 19.1 Å². The van der Waals surface area contributed by atoms with Crippen LogP contribution in [0, 0.1) is 0 Å². The predicted molar refractivity (Wildman–Crippen MR) is 95.3 cm³/mol. The maximum atomic E-state index is 12.0. The van der Waals surface area contributed by atoms with Gasteiger partial charge in [0.25, 0.3) is 0 Å². The van der Waals surface area contributed by atoms with E-state index in [0.29, 0.717) is 17.7 Å². The number of unbranched alkanes of at least 4 members (excludes halogenated alkanes) is 8. The minimum atomic E-state index is -0.455. The smallest absolute Gasteiger partial charge is 0.338 e. The van der Waals surface area contributed by atoms with Gasteiger partial charge in [0.2, 0.25) is 0 Å². The topological polar surface area (TPSA) is 52.6 Å². The molecule has 0 aromatic heterocycles. The van der Waals surface area contributed by atoms with Crippen LogP contribution >= 0.6 is 0 Å². The molecule has 0 N–H and O–H groups in total. The summed E-state index contributed by atoms with van der Waals surface area (Å²) in [5.41, 5.74) is 0.740. The molecule has 0 radical (unpaired) electrons. The molecule has 1 aromatic carbocycles. The van der Waals surface area contributed by atoms with Crippen molar-refractivity contribution in [3.63, 3.8) is 0 Å². The minimum absolute atomic E-state index is 0.357. The highest BCUT2D eigenvalue weighted by Gasteiger charge is 2.11. The van der Waals surface area contributed by atoms with Crippen LogP contribution in [0.15, 0.2) is 24.3 Å². The fraction of sp³-hybridized carbons (Fsp3) is 0.600. The van der Waals surface area contributed by atoms with Gasteiger partial charge < -0.3 is 9.47 Å². The van der Waals surface area contributed by atoms with Crippen LogP contribution in [0.4, 0.5) is 0 Å². The SMILES string of the molecule is CCCCCCCCCCCOC(=O)c1cccc(C(=O)OC)c1. The van der Waals surface area contributed by atoms with E-state index >= 15 is 0 Å². The van der Waals surface area contributed by atoms with Crippen molar-refractivity contribution in [2.45, 2.75) is 64.7 Å². The summed E-state index contributed by atoms with van der Waals surface area (Å²) in [5.74, 6) is -0.844. The molecule has 4 nitrogen and oxygen atoms in total. The molecule has 0 amide bonds. The molecule has 0 aliphatic rings. The molecule has 0 aliphatic heterocycles. The molecule has 134 valence electrons. The number of carbonyl (C=O) groups excluding carboxylic acids is 2. The number of rotatable bonds is 12. The zero-order valence-electron chi connectivity index (χ0n) is 15.0. The third kappa shape index (κ3) is 8.14. The fourth-order valence-electron chi connectivity index (χ4n) is 2.55. The third-order valence-electron chi connectivity index (χ3n) is 4.00. The maximum absolute atomic E-state index is 12.0. The van der Waals surface area contributed by atoms with Gasteiger partial charge in [-0.25, -0.2) is 9.59 Å². The average molecular weight is 334 g/mol. The number of methoxy groups -OCH3 is 1. The molecule has 0 aliphatic carbocycles. The summed E-state index contributed by atoms with van der Waals surface area (Å²) in [4.78, 5) is 23.4. The molecule has 4 heteroatoms. The van der Waals surface area contributed by atoms with E-state index in [1.54, 1.807) is 18.2 Å². The molecule has 1 rings (SSSR count). The summed E-state index contributed by atoms with van der Waals surface area (Å²) in [6, 6.07) is 6.42. The van der Waals surface area contributed by atoms with Gasteiger partial charge in [-0.2, -0.15) is 0 Å². The first-order valence-corrected chi connectivity index (χ1v) is 9.04. The van der Waals surface area contributed by atoms with Gasteiger partial charge in [0.15, 0.2) is 0 Å². The summed E-state index contributed by atoms with van der Waals surface area (Å²) in [7, 11) is 1.32. The van der Waals surface area contributed by atoms with Gasteiger partial charge in [-0.15, -0.1) is 0 Å². The normalized spacial score (nSPS) is 10.4. The van der Waals surface area contributed by atoms with E-state index in [0.717, 1.165) is 12.8 Å². The lowest BCUT2D eigenvalue weighted by atomic mass is 10.1. The van der Waals surface area contributed by atoms with Crippen molar-refractivity contribution in [1.29, 1.82) is 0 Å². The Morgan fingerprint density at radius 3 is 1.96 bits per heavy atom. The Labute approximate surface area is 145 Å². The molecule has 0 unspecified atom stereocenters. The van der Waals surface area contributed by atoms with Crippen molar-refractivity contribution in [3.05, 3.63) is 35.4 Å². The van der Waals surface area contributed by atoms with E-state index in [2.05, 4.69) is 11.7 Å². The molecular weight excluding hydrogens is 304 g/mol. The highest BCUT2D eigenvalue weighted by atomic mass is 16.5. The van der Waals surface area contributed by atoms with Crippen LogP contribution in [-0.4, -0.2) is 25.7 Å². The Bertz CT molecular complexity index is 496. The number of hydrogen-bond donors (Lipinski definition) is 0. The van der Waals surface area contributed by atoms with Gasteiger partial charge >= 0.3 is 11.9 Å². The van der Waals surface area contributed by atoms with Gasteiger partial charge in [0.05, 0.1) is 24.8 Å². The number of hydrogen-bond acceptors (Lipinski definition) is 4. The lowest BCUT2D eigenvalue weighted by molar-refractivity contribution is 0.0497. The number of ether oxygens (including phenoxy) is 2. The van der Waals surface area contributed by atoms with Gasteiger partial charge in [0, 0.05) is 0 Å². The first-order valence-electron chi connectivity index (χ1n) is 9.04. The first kappa shape index (κ1) is 20.2. The summed E-state index contributed by atoms with van der Waals surface area (Å²) in [6.07, 6.45) is 11.0. The van der Waals surface area contributed by atoms with Crippen LogP contribution in [0.2, 0.25) is 0 Å². The van der Waals surface area contributed by atoms with E-state index in [9.17, 15) is 9.59 Å². The van der Waals surface area contributed by atoms with Gasteiger partial charge in [0.1, 0.15) is 0 Å². The lowest BCUT2D eigenvalue weighted by Gasteiger charge is -2.06. The van der Waals surface area contributed by atoms with Crippen LogP contribution < -0.4 is 0 Å². The first-order chi connectivity index (χ1) is 11.7. The third-order valence-corrected chi connectivity index (χ3v) is 4.00. The Morgan fingerprint density at radius 2 is 1.38 bits per heavy atom.